The summed E-state index contributed by atoms with van der Waals surface area (Å²) >= 11 is 1.75. The largest absolute Gasteiger partial charge is 0.351 e. The van der Waals surface area contributed by atoms with Gasteiger partial charge in [-0.3, -0.25) is 9.89 Å². The number of hydrogen-bond acceptors (Lipinski definition) is 4. The summed E-state index contributed by atoms with van der Waals surface area (Å²) in [5, 5.41) is 6.82. The molecule has 6 heteroatoms. The van der Waals surface area contributed by atoms with Crippen LogP contribution in [0.1, 0.15) is 44.3 Å². The van der Waals surface area contributed by atoms with Crippen LogP contribution in [0.25, 0.3) is 0 Å². The third-order valence-electron chi connectivity index (χ3n) is 4.00. The van der Waals surface area contributed by atoms with Crippen LogP contribution in [0, 0.1) is 5.92 Å². The predicted octanol–water partition coefficient (Wildman–Crippen LogP) is 2.62. The van der Waals surface area contributed by atoms with Crippen molar-refractivity contribution in [1.29, 1.82) is 0 Å². The van der Waals surface area contributed by atoms with Gasteiger partial charge in [0, 0.05) is 51.1 Å². The summed E-state index contributed by atoms with van der Waals surface area (Å²) in [7, 11) is 1.86. The first-order chi connectivity index (χ1) is 11.0. The fourth-order valence-corrected chi connectivity index (χ4v) is 3.66. The number of nitrogens with zero attached hydrogens (tertiary/aromatic N) is 4. The summed E-state index contributed by atoms with van der Waals surface area (Å²) in [6, 6.07) is 0. The van der Waals surface area contributed by atoms with Crippen LogP contribution >= 0.6 is 11.3 Å². The van der Waals surface area contributed by atoms with Crippen molar-refractivity contribution in [3.8, 4) is 0 Å². The van der Waals surface area contributed by atoms with E-state index in [0.717, 1.165) is 50.3 Å². The van der Waals surface area contributed by atoms with Crippen molar-refractivity contribution < 1.29 is 0 Å². The molecule has 23 heavy (non-hydrogen) atoms. The van der Waals surface area contributed by atoms with Gasteiger partial charge in [-0.2, -0.15) is 0 Å². The summed E-state index contributed by atoms with van der Waals surface area (Å²) < 4.78 is 0. The van der Waals surface area contributed by atoms with Crippen molar-refractivity contribution in [2.75, 3.05) is 39.8 Å². The van der Waals surface area contributed by atoms with Crippen molar-refractivity contribution in [3.63, 3.8) is 0 Å². The van der Waals surface area contributed by atoms with E-state index in [4.69, 9.17) is 0 Å². The van der Waals surface area contributed by atoms with E-state index < -0.39 is 0 Å². The van der Waals surface area contributed by atoms with Crippen molar-refractivity contribution in [2.45, 2.75) is 40.2 Å². The van der Waals surface area contributed by atoms with Crippen LogP contribution in [-0.2, 0) is 6.54 Å². The molecule has 130 valence electrons. The Kier molecular flexibility index (Phi) is 6.84. The highest BCUT2D eigenvalue weighted by Gasteiger charge is 2.20. The minimum atomic E-state index is 0.502. The molecular weight excluding hydrogens is 306 g/mol. The summed E-state index contributed by atoms with van der Waals surface area (Å²) in [5.41, 5.74) is 1.11. The van der Waals surface area contributed by atoms with Crippen LogP contribution in [-0.4, -0.2) is 60.5 Å². The molecule has 1 aromatic rings. The van der Waals surface area contributed by atoms with Crippen molar-refractivity contribution in [1.82, 2.24) is 20.1 Å². The minimum absolute atomic E-state index is 0.502. The summed E-state index contributed by atoms with van der Waals surface area (Å²) in [6.07, 6.45) is 0. The predicted molar refractivity (Wildman–Crippen MR) is 99.3 cm³/mol. The molecular formula is C17H31N5S. The number of thiazole rings is 1. The van der Waals surface area contributed by atoms with Gasteiger partial charge in [0.2, 0.25) is 0 Å². The van der Waals surface area contributed by atoms with Gasteiger partial charge in [-0.25, -0.2) is 4.98 Å². The zero-order valence-electron chi connectivity index (χ0n) is 15.2. The highest BCUT2D eigenvalue weighted by Crippen LogP contribution is 2.19. The lowest BCUT2D eigenvalue weighted by Gasteiger charge is -2.37. The first-order valence-electron chi connectivity index (χ1n) is 8.61. The second-order valence-corrected chi connectivity index (χ2v) is 7.80. The Morgan fingerprint density at radius 2 is 1.96 bits per heavy atom. The Morgan fingerprint density at radius 1 is 1.26 bits per heavy atom. The Balaban J connectivity index is 1.81. The smallest absolute Gasteiger partial charge is 0.194 e. The number of piperazine rings is 1. The molecule has 1 aliphatic rings. The SMILES string of the molecule is CN=C(NCc1csc(C(C)C)n1)N1CCN(CC(C)C)CC1. The molecule has 0 radical (unpaired) electrons. The molecule has 0 aliphatic carbocycles. The molecule has 0 saturated carbocycles. The van der Waals surface area contributed by atoms with Gasteiger partial charge in [0.15, 0.2) is 5.96 Å². The molecule has 5 nitrogen and oxygen atoms in total. The Bertz CT molecular complexity index is 501. The first-order valence-corrected chi connectivity index (χ1v) is 9.49. The van der Waals surface area contributed by atoms with E-state index in [2.05, 4.69) is 58.2 Å². The van der Waals surface area contributed by atoms with E-state index in [1.807, 2.05) is 7.05 Å². The Hall–Kier alpha value is -1.14. The maximum absolute atomic E-state index is 4.68. The molecule has 2 rings (SSSR count). The topological polar surface area (TPSA) is 43.8 Å². The van der Waals surface area contributed by atoms with Gasteiger partial charge in [0.25, 0.3) is 0 Å². The average Bonchev–Trinajstić information content (AvgIpc) is 2.98. The number of guanidine groups is 1. The highest BCUT2D eigenvalue weighted by atomic mass is 32.1. The highest BCUT2D eigenvalue weighted by molar-refractivity contribution is 7.09. The van der Waals surface area contributed by atoms with Crippen LogP contribution < -0.4 is 5.32 Å². The lowest BCUT2D eigenvalue weighted by Crippen LogP contribution is -2.52. The van der Waals surface area contributed by atoms with Crippen LogP contribution in [0.15, 0.2) is 10.4 Å². The minimum Gasteiger partial charge on any atom is -0.351 e. The van der Waals surface area contributed by atoms with Gasteiger partial charge in [-0.1, -0.05) is 27.7 Å². The van der Waals surface area contributed by atoms with Crippen molar-refractivity contribution >= 4 is 17.3 Å². The van der Waals surface area contributed by atoms with E-state index in [1.54, 1.807) is 11.3 Å². The van der Waals surface area contributed by atoms with Crippen LogP contribution in [0.3, 0.4) is 0 Å². The molecule has 1 saturated heterocycles. The Labute approximate surface area is 144 Å². The van der Waals surface area contributed by atoms with Gasteiger partial charge in [-0.15, -0.1) is 11.3 Å². The normalized spacial score (nSPS) is 17.3. The molecule has 0 amide bonds. The maximum atomic E-state index is 4.68. The fourth-order valence-electron chi connectivity index (χ4n) is 2.83. The quantitative estimate of drug-likeness (QED) is 0.663. The van der Waals surface area contributed by atoms with Crippen LogP contribution in [0.5, 0.6) is 0 Å². The van der Waals surface area contributed by atoms with E-state index in [0.29, 0.717) is 5.92 Å². The molecule has 1 aromatic heterocycles. The Morgan fingerprint density at radius 3 is 2.48 bits per heavy atom. The van der Waals surface area contributed by atoms with E-state index in [9.17, 15) is 0 Å². The summed E-state index contributed by atoms with van der Waals surface area (Å²) in [6.45, 7) is 15.2. The standard InChI is InChI=1S/C17H31N5S/c1-13(2)11-21-6-8-22(9-7-21)17(18-5)19-10-15-12-23-16(20-15)14(3)4/h12-14H,6-11H2,1-5H3,(H,18,19). The number of rotatable bonds is 5. The van der Waals surface area contributed by atoms with Crippen LogP contribution in [0.2, 0.25) is 0 Å². The number of aromatic nitrogens is 1. The number of nitrogens with one attached hydrogen (secondary N) is 1. The molecule has 2 heterocycles. The first kappa shape index (κ1) is 18.2. The average molecular weight is 338 g/mol. The second kappa shape index (κ2) is 8.64. The van der Waals surface area contributed by atoms with Gasteiger partial charge in [0.05, 0.1) is 17.2 Å². The van der Waals surface area contributed by atoms with E-state index in [-0.39, 0.29) is 0 Å². The number of aliphatic imine (C=N–C) groups is 1. The van der Waals surface area contributed by atoms with E-state index in [1.165, 1.54) is 11.6 Å². The maximum Gasteiger partial charge on any atom is 0.194 e. The molecule has 1 fully saturated rings. The summed E-state index contributed by atoms with van der Waals surface area (Å²) in [4.78, 5) is 14.0. The van der Waals surface area contributed by atoms with Crippen LogP contribution in [0.4, 0.5) is 0 Å². The third kappa shape index (κ3) is 5.46. The molecule has 0 unspecified atom stereocenters. The molecule has 0 atom stereocenters. The van der Waals surface area contributed by atoms with Gasteiger partial charge < -0.3 is 10.2 Å². The van der Waals surface area contributed by atoms with E-state index >= 15 is 0 Å². The lowest BCUT2D eigenvalue weighted by atomic mass is 10.2. The monoisotopic (exact) mass is 337 g/mol. The molecule has 1 aliphatic heterocycles. The number of hydrogen-bond donors (Lipinski definition) is 1. The lowest BCUT2D eigenvalue weighted by molar-refractivity contribution is 0.164. The van der Waals surface area contributed by atoms with Crippen molar-refractivity contribution in [3.05, 3.63) is 16.1 Å². The summed E-state index contributed by atoms with van der Waals surface area (Å²) in [5.74, 6) is 2.23. The van der Waals surface area contributed by atoms with Gasteiger partial charge in [-0.05, 0) is 5.92 Å². The third-order valence-corrected chi connectivity index (χ3v) is 5.19. The second-order valence-electron chi connectivity index (χ2n) is 6.91. The zero-order chi connectivity index (χ0) is 16.8. The van der Waals surface area contributed by atoms with Gasteiger partial charge >= 0.3 is 0 Å². The zero-order valence-corrected chi connectivity index (χ0v) is 16.0. The van der Waals surface area contributed by atoms with Gasteiger partial charge in [0.1, 0.15) is 0 Å². The molecule has 1 N–H and O–H groups in total. The van der Waals surface area contributed by atoms with Crippen molar-refractivity contribution in [2.24, 2.45) is 10.9 Å². The molecule has 0 bridgehead atoms. The molecule has 0 aromatic carbocycles. The molecule has 0 spiro atoms. The fraction of sp³-hybridized carbons (Fsp3) is 0.765.